The standard InChI is InChI=1S/C32H63N2/c1-4-6-8-10-12-14-16-17-18-20-22-24-26-28-33-29-30-34(31-33)32(3)27-25-23-21-19-15-13-11-9-7-5-2/h29-32H,4-28H2,1-3H3/q+1. The van der Waals surface area contributed by atoms with Crippen LogP contribution in [0.15, 0.2) is 18.7 Å². The zero-order chi connectivity index (χ0) is 24.5. The van der Waals surface area contributed by atoms with E-state index < -0.39 is 0 Å². The van der Waals surface area contributed by atoms with Crippen molar-refractivity contribution in [2.24, 2.45) is 0 Å². The van der Waals surface area contributed by atoms with Gasteiger partial charge in [-0.05, 0) is 32.6 Å². The highest BCUT2D eigenvalue weighted by Crippen LogP contribution is 2.17. The number of aryl methyl sites for hydroxylation is 1. The SMILES string of the molecule is CCCCCCCCCCCCCCC[n+]1ccn(C(C)CCCCCCCCCCCC)c1. The van der Waals surface area contributed by atoms with Gasteiger partial charge in [-0.15, -0.1) is 0 Å². The van der Waals surface area contributed by atoms with Gasteiger partial charge >= 0.3 is 0 Å². The van der Waals surface area contributed by atoms with E-state index in [4.69, 9.17) is 0 Å². The normalized spacial score (nSPS) is 12.4. The molecule has 1 aromatic heterocycles. The van der Waals surface area contributed by atoms with Crippen LogP contribution >= 0.6 is 0 Å². The molecule has 0 saturated carbocycles. The molecule has 0 aliphatic heterocycles. The second kappa shape index (κ2) is 23.9. The monoisotopic (exact) mass is 475 g/mol. The summed E-state index contributed by atoms with van der Waals surface area (Å²) in [5.74, 6) is 0. The van der Waals surface area contributed by atoms with Gasteiger partial charge < -0.3 is 0 Å². The quantitative estimate of drug-likeness (QED) is 0.0930. The number of aromatic nitrogens is 2. The number of unbranched alkanes of at least 4 members (excludes halogenated alkanes) is 21. The lowest BCUT2D eigenvalue weighted by atomic mass is 10.0. The second-order valence-electron chi connectivity index (χ2n) is 11.2. The van der Waals surface area contributed by atoms with E-state index in [0.717, 1.165) is 0 Å². The number of nitrogens with zero attached hydrogens (tertiary/aromatic N) is 2. The molecule has 0 N–H and O–H groups in total. The van der Waals surface area contributed by atoms with Gasteiger partial charge in [-0.1, -0.05) is 142 Å². The van der Waals surface area contributed by atoms with E-state index in [2.05, 4.69) is 48.6 Å². The van der Waals surface area contributed by atoms with Crippen LogP contribution in [-0.4, -0.2) is 4.57 Å². The molecule has 0 radical (unpaired) electrons. The van der Waals surface area contributed by atoms with Crippen LogP contribution in [0, 0.1) is 0 Å². The molecular weight excluding hydrogens is 412 g/mol. The largest absolute Gasteiger partial charge is 0.243 e. The number of rotatable bonds is 26. The summed E-state index contributed by atoms with van der Waals surface area (Å²) in [4.78, 5) is 0. The highest BCUT2D eigenvalue weighted by atomic mass is 15.1. The first-order valence-corrected chi connectivity index (χ1v) is 15.8. The summed E-state index contributed by atoms with van der Waals surface area (Å²) in [6.07, 6.45) is 41.2. The van der Waals surface area contributed by atoms with Crippen LogP contribution in [0.25, 0.3) is 0 Å². The predicted molar refractivity (Wildman–Crippen MR) is 151 cm³/mol. The Morgan fingerprint density at radius 3 is 1.35 bits per heavy atom. The molecular formula is C32H63N2+. The zero-order valence-corrected chi connectivity index (χ0v) is 23.9. The average molecular weight is 476 g/mol. The number of imidazole rings is 1. The van der Waals surface area contributed by atoms with Gasteiger partial charge in [0.05, 0.1) is 12.6 Å². The van der Waals surface area contributed by atoms with Gasteiger partial charge in [-0.25, -0.2) is 9.13 Å². The first-order chi connectivity index (χ1) is 16.8. The van der Waals surface area contributed by atoms with Gasteiger partial charge in [-0.2, -0.15) is 0 Å². The van der Waals surface area contributed by atoms with Gasteiger partial charge in [0.25, 0.3) is 0 Å². The van der Waals surface area contributed by atoms with E-state index in [1.165, 1.54) is 161 Å². The van der Waals surface area contributed by atoms with Gasteiger partial charge in [0, 0.05) is 0 Å². The summed E-state index contributed by atoms with van der Waals surface area (Å²) in [6, 6.07) is 0.641. The van der Waals surface area contributed by atoms with Gasteiger partial charge in [0.2, 0.25) is 6.33 Å². The van der Waals surface area contributed by atoms with E-state index in [1.54, 1.807) is 0 Å². The van der Waals surface area contributed by atoms with E-state index >= 15 is 0 Å². The minimum atomic E-state index is 0.641. The van der Waals surface area contributed by atoms with E-state index in [-0.39, 0.29) is 0 Å². The molecule has 2 heteroatoms. The second-order valence-corrected chi connectivity index (χ2v) is 11.2. The fourth-order valence-electron chi connectivity index (χ4n) is 5.19. The van der Waals surface area contributed by atoms with Crippen molar-refractivity contribution in [3.8, 4) is 0 Å². The van der Waals surface area contributed by atoms with E-state index in [9.17, 15) is 0 Å². The van der Waals surface area contributed by atoms with Crippen molar-refractivity contribution in [2.75, 3.05) is 0 Å². The van der Waals surface area contributed by atoms with Crippen LogP contribution in [0.2, 0.25) is 0 Å². The lowest BCUT2D eigenvalue weighted by Crippen LogP contribution is -2.31. The topological polar surface area (TPSA) is 8.81 Å². The molecule has 0 bridgehead atoms. The molecule has 2 nitrogen and oxygen atoms in total. The van der Waals surface area contributed by atoms with Crippen LogP contribution in [-0.2, 0) is 6.54 Å². The Kier molecular flexibility index (Phi) is 22.0. The van der Waals surface area contributed by atoms with E-state index in [1.807, 2.05) is 0 Å². The van der Waals surface area contributed by atoms with Crippen molar-refractivity contribution >= 4 is 0 Å². The molecule has 0 spiro atoms. The summed E-state index contributed by atoms with van der Waals surface area (Å²) < 4.78 is 4.85. The summed E-state index contributed by atoms with van der Waals surface area (Å²) in [7, 11) is 0. The van der Waals surface area contributed by atoms with E-state index in [0.29, 0.717) is 6.04 Å². The Bertz CT molecular complexity index is 521. The van der Waals surface area contributed by atoms with Crippen LogP contribution < -0.4 is 4.57 Å². The van der Waals surface area contributed by atoms with Crippen LogP contribution in [0.3, 0.4) is 0 Å². The van der Waals surface area contributed by atoms with Gasteiger partial charge in [0.15, 0.2) is 0 Å². The average Bonchev–Trinajstić information content (AvgIpc) is 3.32. The maximum Gasteiger partial charge on any atom is 0.243 e. The van der Waals surface area contributed by atoms with Crippen LogP contribution in [0.1, 0.15) is 181 Å². The summed E-state index contributed by atoms with van der Waals surface area (Å²) in [5.41, 5.74) is 0. The lowest BCUT2D eigenvalue weighted by Gasteiger charge is -2.08. The molecule has 1 atom stereocenters. The molecule has 1 rings (SSSR count). The highest BCUT2D eigenvalue weighted by Gasteiger charge is 2.11. The Balaban J connectivity index is 1.92. The first-order valence-electron chi connectivity index (χ1n) is 15.8. The van der Waals surface area contributed by atoms with Gasteiger partial charge in [-0.3, -0.25) is 0 Å². The fourth-order valence-corrected chi connectivity index (χ4v) is 5.19. The van der Waals surface area contributed by atoms with Crippen molar-refractivity contribution in [3.05, 3.63) is 18.7 Å². The summed E-state index contributed by atoms with van der Waals surface area (Å²) in [6.45, 7) is 8.18. The molecule has 1 heterocycles. The maximum absolute atomic E-state index is 2.44. The van der Waals surface area contributed by atoms with Crippen molar-refractivity contribution in [1.29, 1.82) is 0 Å². The van der Waals surface area contributed by atoms with Crippen LogP contribution in [0.4, 0.5) is 0 Å². The maximum atomic E-state index is 2.44. The molecule has 0 aliphatic rings. The minimum Gasteiger partial charge on any atom is -0.237 e. The predicted octanol–water partition coefficient (Wildman–Crippen LogP) is 10.7. The third kappa shape index (κ3) is 18.5. The Labute approximate surface area is 215 Å². The molecule has 0 fully saturated rings. The summed E-state index contributed by atoms with van der Waals surface area (Å²) >= 11 is 0. The molecule has 0 aliphatic carbocycles. The first kappa shape index (κ1) is 31.2. The van der Waals surface area contributed by atoms with Gasteiger partial charge in [0.1, 0.15) is 12.4 Å². The molecule has 1 aromatic rings. The minimum absolute atomic E-state index is 0.641. The van der Waals surface area contributed by atoms with Crippen molar-refractivity contribution < 1.29 is 4.57 Å². The molecule has 0 amide bonds. The molecule has 1 unspecified atom stereocenters. The van der Waals surface area contributed by atoms with Crippen molar-refractivity contribution in [1.82, 2.24) is 4.57 Å². The van der Waals surface area contributed by atoms with Crippen molar-refractivity contribution in [3.63, 3.8) is 0 Å². The fraction of sp³-hybridized carbons (Fsp3) is 0.906. The Morgan fingerprint density at radius 1 is 0.529 bits per heavy atom. The van der Waals surface area contributed by atoms with Crippen molar-refractivity contribution in [2.45, 2.75) is 187 Å². The molecule has 0 aromatic carbocycles. The lowest BCUT2D eigenvalue weighted by molar-refractivity contribution is -0.697. The third-order valence-electron chi connectivity index (χ3n) is 7.72. The number of hydrogen-bond donors (Lipinski definition) is 0. The number of hydrogen-bond acceptors (Lipinski definition) is 0. The molecule has 0 saturated heterocycles. The smallest absolute Gasteiger partial charge is 0.237 e. The third-order valence-corrected chi connectivity index (χ3v) is 7.72. The van der Waals surface area contributed by atoms with Crippen LogP contribution in [0.5, 0.6) is 0 Å². The Morgan fingerprint density at radius 2 is 0.912 bits per heavy atom. The zero-order valence-electron chi connectivity index (χ0n) is 23.9. The summed E-state index contributed by atoms with van der Waals surface area (Å²) in [5, 5.41) is 0. The molecule has 34 heavy (non-hydrogen) atoms. The Hall–Kier alpha value is -0.790. The molecule has 200 valence electrons. The highest BCUT2D eigenvalue weighted by molar-refractivity contribution is 4.72.